The van der Waals surface area contributed by atoms with Crippen molar-refractivity contribution in [3.63, 3.8) is 0 Å². The molecule has 1 unspecified atom stereocenters. The summed E-state index contributed by atoms with van der Waals surface area (Å²) in [5, 5.41) is 17.8. The average Bonchev–Trinajstić information content (AvgIpc) is 2.77. The summed E-state index contributed by atoms with van der Waals surface area (Å²) in [5.74, 6) is 0.414. The van der Waals surface area contributed by atoms with Crippen molar-refractivity contribution >= 4 is 0 Å². The monoisotopic (exact) mass is 217 g/mol. The molecule has 1 saturated heterocycles. The molecule has 0 aromatic carbocycles. The van der Waals surface area contributed by atoms with E-state index in [0.717, 1.165) is 31.6 Å². The van der Waals surface area contributed by atoms with E-state index in [1.165, 1.54) is 0 Å². The SMILES string of the molecule is N#Cc1cc(CN2CCC(CO)C2)ccn1. The number of aliphatic hydroxyl groups is 1. The van der Waals surface area contributed by atoms with Crippen molar-refractivity contribution in [1.29, 1.82) is 5.26 Å². The van der Waals surface area contributed by atoms with Gasteiger partial charge in [0.25, 0.3) is 0 Å². The predicted molar refractivity (Wildman–Crippen MR) is 59.4 cm³/mol. The molecule has 16 heavy (non-hydrogen) atoms. The fraction of sp³-hybridized carbons (Fsp3) is 0.500. The Hall–Kier alpha value is -1.44. The highest BCUT2D eigenvalue weighted by Crippen LogP contribution is 2.17. The minimum Gasteiger partial charge on any atom is -0.396 e. The predicted octanol–water partition coefficient (Wildman–Crippen LogP) is 0.767. The van der Waals surface area contributed by atoms with Crippen LogP contribution >= 0.6 is 0 Å². The van der Waals surface area contributed by atoms with Crippen molar-refractivity contribution < 1.29 is 5.11 Å². The van der Waals surface area contributed by atoms with Gasteiger partial charge in [-0.15, -0.1) is 0 Å². The summed E-state index contributed by atoms with van der Waals surface area (Å²) in [7, 11) is 0. The van der Waals surface area contributed by atoms with Gasteiger partial charge in [-0.2, -0.15) is 5.26 Å². The summed E-state index contributed by atoms with van der Waals surface area (Å²) in [6.07, 6.45) is 2.74. The molecule has 1 aliphatic rings. The maximum atomic E-state index is 9.05. The number of pyridine rings is 1. The van der Waals surface area contributed by atoms with Gasteiger partial charge < -0.3 is 5.11 Å². The third-order valence-electron chi connectivity index (χ3n) is 2.97. The molecule has 1 aromatic heterocycles. The highest BCUT2D eigenvalue weighted by atomic mass is 16.3. The first-order valence-corrected chi connectivity index (χ1v) is 5.50. The van der Waals surface area contributed by atoms with Gasteiger partial charge in [0.05, 0.1) is 0 Å². The van der Waals surface area contributed by atoms with Crippen molar-refractivity contribution in [1.82, 2.24) is 9.88 Å². The lowest BCUT2D eigenvalue weighted by molar-refractivity contribution is 0.220. The second-order valence-corrected chi connectivity index (χ2v) is 4.23. The van der Waals surface area contributed by atoms with Gasteiger partial charge in [0.2, 0.25) is 0 Å². The molecule has 0 aliphatic carbocycles. The van der Waals surface area contributed by atoms with E-state index in [9.17, 15) is 0 Å². The van der Waals surface area contributed by atoms with E-state index in [0.29, 0.717) is 11.6 Å². The lowest BCUT2D eigenvalue weighted by atomic mass is 10.1. The Labute approximate surface area is 95.1 Å². The number of rotatable bonds is 3. The first-order chi connectivity index (χ1) is 7.81. The van der Waals surface area contributed by atoms with E-state index in [2.05, 4.69) is 9.88 Å². The minimum atomic E-state index is 0.274. The molecule has 2 rings (SSSR count). The largest absolute Gasteiger partial charge is 0.396 e. The van der Waals surface area contributed by atoms with E-state index in [1.54, 1.807) is 6.20 Å². The maximum absolute atomic E-state index is 9.05. The Kier molecular flexibility index (Phi) is 3.50. The van der Waals surface area contributed by atoms with E-state index < -0.39 is 0 Å². The summed E-state index contributed by atoms with van der Waals surface area (Å²) in [5.41, 5.74) is 1.58. The van der Waals surface area contributed by atoms with Gasteiger partial charge in [0, 0.05) is 25.9 Å². The molecule has 0 radical (unpaired) electrons. The van der Waals surface area contributed by atoms with E-state index in [1.807, 2.05) is 18.2 Å². The van der Waals surface area contributed by atoms with Gasteiger partial charge in [-0.3, -0.25) is 4.90 Å². The number of likely N-dealkylation sites (tertiary alicyclic amines) is 1. The third kappa shape index (κ3) is 2.57. The van der Waals surface area contributed by atoms with Gasteiger partial charge in [-0.25, -0.2) is 4.98 Å². The maximum Gasteiger partial charge on any atom is 0.140 e. The molecule has 1 N–H and O–H groups in total. The molecule has 0 amide bonds. The summed E-state index contributed by atoms with van der Waals surface area (Å²) in [4.78, 5) is 6.25. The normalized spacial score (nSPS) is 20.9. The van der Waals surface area contributed by atoms with Crippen molar-refractivity contribution in [2.75, 3.05) is 19.7 Å². The molecule has 0 spiro atoms. The van der Waals surface area contributed by atoms with Crippen LogP contribution in [0.3, 0.4) is 0 Å². The van der Waals surface area contributed by atoms with Crippen LogP contribution in [0, 0.1) is 17.2 Å². The van der Waals surface area contributed by atoms with Crippen LogP contribution in [0.5, 0.6) is 0 Å². The van der Waals surface area contributed by atoms with Gasteiger partial charge in [-0.1, -0.05) is 0 Å². The molecule has 0 bridgehead atoms. The van der Waals surface area contributed by atoms with Crippen molar-refractivity contribution in [3.05, 3.63) is 29.6 Å². The smallest absolute Gasteiger partial charge is 0.140 e. The zero-order valence-corrected chi connectivity index (χ0v) is 9.13. The quantitative estimate of drug-likeness (QED) is 0.812. The standard InChI is InChI=1S/C12H15N3O/c13-6-12-5-10(1-3-14-12)7-15-4-2-11(8-15)9-16/h1,3,5,11,16H,2,4,7-9H2. The summed E-state index contributed by atoms with van der Waals surface area (Å²) >= 11 is 0. The molecular formula is C12H15N3O. The average molecular weight is 217 g/mol. The van der Waals surface area contributed by atoms with Gasteiger partial charge in [-0.05, 0) is 36.6 Å². The lowest BCUT2D eigenvalue weighted by Gasteiger charge is -2.15. The number of hydrogen-bond acceptors (Lipinski definition) is 4. The van der Waals surface area contributed by atoms with Crippen molar-refractivity contribution in [2.45, 2.75) is 13.0 Å². The number of nitrogens with zero attached hydrogens (tertiary/aromatic N) is 3. The number of aromatic nitrogens is 1. The highest BCUT2D eigenvalue weighted by molar-refractivity contribution is 5.25. The second kappa shape index (κ2) is 5.06. The third-order valence-corrected chi connectivity index (χ3v) is 2.97. The van der Waals surface area contributed by atoms with E-state index >= 15 is 0 Å². The zero-order valence-electron chi connectivity index (χ0n) is 9.13. The molecule has 1 fully saturated rings. The molecule has 4 nitrogen and oxygen atoms in total. The molecule has 0 saturated carbocycles. The Morgan fingerprint density at radius 1 is 1.62 bits per heavy atom. The number of aliphatic hydroxyl groups excluding tert-OH is 1. The first kappa shape index (κ1) is 11.1. The summed E-state index contributed by atoms with van der Waals surface area (Å²) in [6, 6.07) is 5.81. The Bertz CT molecular complexity index is 399. The van der Waals surface area contributed by atoms with Crippen molar-refractivity contribution in [2.24, 2.45) is 5.92 Å². The Balaban J connectivity index is 1.97. The van der Waals surface area contributed by atoms with Crippen LogP contribution in [0.25, 0.3) is 0 Å². The first-order valence-electron chi connectivity index (χ1n) is 5.50. The molecular weight excluding hydrogens is 202 g/mol. The van der Waals surface area contributed by atoms with Crippen LogP contribution < -0.4 is 0 Å². The lowest BCUT2D eigenvalue weighted by Crippen LogP contribution is -2.21. The zero-order chi connectivity index (χ0) is 11.4. The topological polar surface area (TPSA) is 60.2 Å². The molecule has 84 valence electrons. The van der Waals surface area contributed by atoms with Gasteiger partial charge in [0.1, 0.15) is 11.8 Å². The number of hydrogen-bond donors (Lipinski definition) is 1. The molecule has 1 atom stereocenters. The Morgan fingerprint density at radius 3 is 3.19 bits per heavy atom. The fourth-order valence-electron chi connectivity index (χ4n) is 2.10. The number of nitriles is 1. The Morgan fingerprint density at radius 2 is 2.50 bits per heavy atom. The molecule has 4 heteroatoms. The molecule has 2 heterocycles. The van der Waals surface area contributed by atoms with Gasteiger partial charge >= 0.3 is 0 Å². The highest BCUT2D eigenvalue weighted by Gasteiger charge is 2.21. The van der Waals surface area contributed by atoms with Crippen molar-refractivity contribution in [3.8, 4) is 6.07 Å². The van der Waals surface area contributed by atoms with Crippen LogP contribution in [0.4, 0.5) is 0 Å². The summed E-state index contributed by atoms with van der Waals surface area (Å²) in [6.45, 7) is 3.08. The summed E-state index contributed by atoms with van der Waals surface area (Å²) < 4.78 is 0. The second-order valence-electron chi connectivity index (χ2n) is 4.23. The van der Waals surface area contributed by atoms with Crippen LogP contribution in [0.2, 0.25) is 0 Å². The van der Waals surface area contributed by atoms with E-state index in [4.69, 9.17) is 10.4 Å². The minimum absolute atomic E-state index is 0.274. The van der Waals surface area contributed by atoms with Gasteiger partial charge in [0.15, 0.2) is 0 Å². The molecule has 1 aliphatic heterocycles. The van der Waals surface area contributed by atoms with Crippen LogP contribution in [-0.4, -0.2) is 34.7 Å². The fourth-order valence-corrected chi connectivity index (χ4v) is 2.10. The van der Waals surface area contributed by atoms with Crippen LogP contribution in [-0.2, 0) is 6.54 Å². The van der Waals surface area contributed by atoms with Crippen LogP contribution in [0.1, 0.15) is 17.7 Å². The van der Waals surface area contributed by atoms with E-state index in [-0.39, 0.29) is 6.61 Å². The molecule has 1 aromatic rings. The van der Waals surface area contributed by atoms with Crippen LogP contribution in [0.15, 0.2) is 18.3 Å².